The van der Waals surface area contributed by atoms with Crippen LogP contribution >= 0.6 is 0 Å². The third-order valence-corrected chi connectivity index (χ3v) is 2.58. The van der Waals surface area contributed by atoms with E-state index in [2.05, 4.69) is 5.32 Å². The zero-order chi connectivity index (χ0) is 13.0. The average Bonchev–Trinajstić information content (AvgIpc) is 2.28. The maximum atomic E-state index is 11.0. The highest BCUT2D eigenvalue weighted by molar-refractivity contribution is 5.73. The lowest BCUT2D eigenvalue weighted by atomic mass is 9.97. The Morgan fingerprint density at radius 3 is 2.53 bits per heavy atom. The lowest BCUT2D eigenvalue weighted by Gasteiger charge is -2.42. The van der Waals surface area contributed by atoms with Gasteiger partial charge in [-0.25, -0.2) is 0 Å². The van der Waals surface area contributed by atoms with Gasteiger partial charge in [-0.3, -0.25) is 4.79 Å². The summed E-state index contributed by atoms with van der Waals surface area (Å²) in [5.74, 6) is -0.364. The zero-order valence-electron chi connectivity index (χ0n) is 9.87. The molecule has 0 aliphatic carbocycles. The van der Waals surface area contributed by atoms with Crippen LogP contribution in [-0.4, -0.2) is 65.1 Å². The number of hydrogen-bond donors (Lipinski definition) is 4. The molecule has 0 aromatic rings. The van der Waals surface area contributed by atoms with E-state index in [0.29, 0.717) is 6.61 Å². The molecule has 1 fully saturated rings. The zero-order valence-corrected chi connectivity index (χ0v) is 9.87. The van der Waals surface area contributed by atoms with E-state index in [1.165, 1.54) is 6.92 Å². The second-order valence-electron chi connectivity index (χ2n) is 3.89. The Labute approximate surface area is 99.3 Å². The standard InChI is InChI=1S/C10H19NO6/c1-3-16-10-7(11-5(2)13)9(15)8(14)6(4-12)17-10/h6-10,12,14-15H,3-4H2,1-2H3,(H,11,13)/t6-,7-,8+,9-,10?/m1/s1. The first-order valence-corrected chi connectivity index (χ1v) is 5.52. The largest absolute Gasteiger partial charge is 0.394 e. The van der Waals surface area contributed by atoms with Crippen LogP contribution in [0.2, 0.25) is 0 Å². The Morgan fingerprint density at radius 1 is 1.41 bits per heavy atom. The van der Waals surface area contributed by atoms with Gasteiger partial charge in [-0.15, -0.1) is 0 Å². The SMILES string of the molecule is CCOC1O[C@H](CO)[C@H](O)[C@H](O)[C@H]1NC(C)=O. The van der Waals surface area contributed by atoms with Crippen molar-refractivity contribution in [2.75, 3.05) is 13.2 Å². The van der Waals surface area contributed by atoms with Gasteiger partial charge < -0.3 is 30.1 Å². The van der Waals surface area contributed by atoms with Crippen molar-refractivity contribution in [3.05, 3.63) is 0 Å². The Morgan fingerprint density at radius 2 is 2.06 bits per heavy atom. The second kappa shape index (κ2) is 6.27. The fraction of sp³-hybridized carbons (Fsp3) is 0.900. The van der Waals surface area contributed by atoms with Crippen LogP contribution in [0.15, 0.2) is 0 Å². The monoisotopic (exact) mass is 249 g/mol. The molecule has 0 radical (unpaired) electrons. The third-order valence-electron chi connectivity index (χ3n) is 2.58. The molecular formula is C10H19NO6. The molecule has 1 rings (SSSR count). The molecule has 1 saturated heterocycles. The number of carbonyl (C=O) groups excluding carboxylic acids is 1. The minimum atomic E-state index is -1.27. The molecule has 7 nitrogen and oxygen atoms in total. The summed E-state index contributed by atoms with van der Waals surface area (Å²) in [5, 5.41) is 31.0. The molecule has 4 N–H and O–H groups in total. The molecular weight excluding hydrogens is 230 g/mol. The molecule has 1 aliphatic rings. The fourth-order valence-electron chi connectivity index (χ4n) is 1.78. The highest BCUT2D eigenvalue weighted by Gasteiger charge is 2.45. The second-order valence-corrected chi connectivity index (χ2v) is 3.89. The van der Waals surface area contributed by atoms with Crippen LogP contribution < -0.4 is 5.32 Å². The first-order valence-electron chi connectivity index (χ1n) is 5.52. The van der Waals surface area contributed by atoms with Gasteiger partial charge in [0.15, 0.2) is 6.29 Å². The molecule has 0 aromatic carbocycles. The molecule has 0 aromatic heterocycles. The Hall–Kier alpha value is -0.730. The van der Waals surface area contributed by atoms with E-state index < -0.39 is 37.3 Å². The van der Waals surface area contributed by atoms with Gasteiger partial charge in [0.25, 0.3) is 0 Å². The van der Waals surface area contributed by atoms with E-state index in [1.807, 2.05) is 0 Å². The van der Waals surface area contributed by atoms with Gasteiger partial charge >= 0.3 is 0 Å². The third kappa shape index (κ3) is 3.36. The fourth-order valence-corrected chi connectivity index (χ4v) is 1.78. The molecule has 100 valence electrons. The van der Waals surface area contributed by atoms with Crippen LogP contribution in [0.1, 0.15) is 13.8 Å². The van der Waals surface area contributed by atoms with Crippen molar-refractivity contribution in [1.82, 2.24) is 5.32 Å². The van der Waals surface area contributed by atoms with Crippen LogP contribution in [0.5, 0.6) is 0 Å². The molecule has 1 aliphatic heterocycles. The molecule has 1 amide bonds. The van der Waals surface area contributed by atoms with Crippen molar-refractivity contribution in [2.24, 2.45) is 0 Å². The maximum Gasteiger partial charge on any atom is 0.217 e. The normalized spacial score (nSPS) is 37.8. The van der Waals surface area contributed by atoms with Crippen LogP contribution in [0.3, 0.4) is 0 Å². The van der Waals surface area contributed by atoms with Crippen LogP contribution in [0.4, 0.5) is 0 Å². The van der Waals surface area contributed by atoms with Gasteiger partial charge in [-0.2, -0.15) is 0 Å². The first-order chi connectivity index (χ1) is 8.01. The molecule has 7 heteroatoms. The molecule has 0 bridgehead atoms. The predicted octanol–water partition coefficient (Wildman–Crippen LogP) is -2.03. The molecule has 1 unspecified atom stereocenters. The van der Waals surface area contributed by atoms with Gasteiger partial charge in [0.2, 0.25) is 5.91 Å². The Bertz CT molecular complexity index is 261. The van der Waals surface area contributed by atoms with Gasteiger partial charge in [0, 0.05) is 13.5 Å². The van der Waals surface area contributed by atoms with Crippen LogP contribution in [-0.2, 0) is 14.3 Å². The van der Waals surface area contributed by atoms with E-state index in [1.54, 1.807) is 6.92 Å². The van der Waals surface area contributed by atoms with Gasteiger partial charge in [0.05, 0.1) is 6.61 Å². The number of carbonyl (C=O) groups is 1. The van der Waals surface area contributed by atoms with Crippen molar-refractivity contribution >= 4 is 5.91 Å². The van der Waals surface area contributed by atoms with E-state index in [4.69, 9.17) is 14.6 Å². The van der Waals surface area contributed by atoms with Gasteiger partial charge in [0.1, 0.15) is 24.4 Å². The summed E-state index contributed by atoms with van der Waals surface area (Å²) < 4.78 is 10.5. The summed E-state index contributed by atoms with van der Waals surface area (Å²) in [6.07, 6.45) is -4.33. The number of hydrogen-bond acceptors (Lipinski definition) is 6. The number of nitrogens with one attached hydrogen (secondary N) is 1. The minimum Gasteiger partial charge on any atom is -0.394 e. The van der Waals surface area contributed by atoms with Crippen molar-refractivity contribution in [3.8, 4) is 0 Å². The molecule has 0 saturated carbocycles. The minimum absolute atomic E-state index is 0.321. The predicted molar refractivity (Wildman–Crippen MR) is 57.0 cm³/mol. The summed E-state index contributed by atoms with van der Waals surface area (Å²) in [7, 11) is 0. The summed E-state index contributed by atoms with van der Waals surface area (Å²) >= 11 is 0. The maximum absolute atomic E-state index is 11.0. The highest BCUT2D eigenvalue weighted by Crippen LogP contribution is 2.21. The van der Waals surface area contributed by atoms with Crippen LogP contribution in [0, 0.1) is 0 Å². The quantitative estimate of drug-likeness (QED) is 0.457. The van der Waals surface area contributed by atoms with Gasteiger partial charge in [-0.05, 0) is 6.92 Å². The number of aliphatic hydroxyl groups is 3. The van der Waals surface area contributed by atoms with Gasteiger partial charge in [-0.1, -0.05) is 0 Å². The number of ether oxygens (including phenoxy) is 2. The van der Waals surface area contributed by atoms with Crippen molar-refractivity contribution in [2.45, 2.75) is 44.5 Å². The topological polar surface area (TPSA) is 108 Å². The number of rotatable bonds is 4. The summed E-state index contributed by atoms with van der Waals surface area (Å²) in [6.45, 7) is 2.91. The Balaban J connectivity index is 2.78. The van der Waals surface area contributed by atoms with E-state index >= 15 is 0 Å². The first kappa shape index (κ1) is 14.3. The van der Waals surface area contributed by atoms with Crippen molar-refractivity contribution < 1.29 is 29.6 Å². The van der Waals surface area contributed by atoms with Crippen molar-refractivity contribution in [1.29, 1.82) is 0 Å². The summed E-state index contributed by atoms with van der Waals surface area (Å²) in [4.78, 5) is 11.0. The summed E-state index contributed by atoms with van der Waals surface area (Å²) in [5.41, 5.74) is 0. The molecule has 0 spiro atoms. The Kier molecular flexibility index (Phi) is 5.29. The highest BCUT2D eigenvalue weighted by atomic mass is 16.7. The molecule has 1 heterocycles. The average molecular weight is 249 g/mol. The molecule has 17 heavy (non-hydrogen) atoms. The van der Waals surface area contributed by atoms with E-state index in [9.17, 15) is 15.0 Å². The lowest BCUT2D eigenvalue weighted by Crippen LogP contribution is -2.64. The lowest BCUT2D eigenvalue weighted by molar-refractivity contribution is -0.268. The number of aliphatic hydroxyl groups excluding tert-OH is 3. The van der Waals surface area contributed by atoms with E-state index in [-0.39, 0.29) is 5.91 Å². The molecule has 5 atom stereocenters. The van der Waals surface area contributed by atoms with Crippen LogP contribution in [0.25, 0.3) is 0 Å². The van der Waals surface area contributed by atoms with Crippen molar-refractivity contribution in [3.63, 3.8) is 0 Å². The summed E-state index contributed by atoms with van der Waals surface area (Å²) in [6, 6.07) is -0.856. The smallest absolute Gasteiger partial charge is 0.217 e. The van der Waals surface area contributed by atoms with E-state index in [0.717, 1.165) is 0 Å². The number of amides is 1.